The van der Waals surface area contributed by atoms with Crippen LogP contribution in [0.5, 0.6) is 0 Å². The molecule has 0 fully saturated rings. The molecule has 0 amide bonds. The van der Waals surface area contributed by atoms with Crippen LogP contribution in [0.2, 0.25) is 0 Å². The third-order valence-electron chi connectivity index (χ3n) is 3.04. The summed E-state index contributed by atoms with van der Waals surface area (Å²) in [7, 11) is 0. The number of rotatable bonds is 1. The van der Waals surface area contributed by atoms with Crippen molar-refractivity contribution < 1.29 is 19.2 Å². The molecular formula is C14H11NO4. The number of benzene rings is 1. The second-order valence-electron chi connectivity index (χ2n) is 4.34. The summed E-state index contributed by atoms with van der Waals surface area (Å²) in [5.74, 6) is -0.211. The number of Topliss-reactive ketones (excluding diaryl/α,β-unsaturated/α-hetero) is 1. The number of carbonyl (C=O) groups is 2. The summed E-state index contributed by atoms with van der Waals surface area (Å²) in [5, 5.41) is 3.58. The fourth-order valence-corrected chi connectivity index (χ4v) is 2.25. The van der Waals surface area contributed by atoms with E-state index in [1.165, 1.54) is 13.0 Å². The van der Waals surface area contributed by atoms with Crippen LogP contribution in [-0.4, -0.2) is 24.1 Å². The number of oxime groups is 1. The second-order valence-corrected chi connectivity index (χ2v) is 4.34. The summed E-state index contributed by atoms with van der Waals surface area (Å²) in [6.45, 7) is 1.80. The maximum Gasteiger partial charge on any atom is 0.332 e. The molecule has 1 heterocycles. The van der Waals surface area contributed by atoms with Gasteiger partial charge in [-0.2, -0.15) is 0 Å². The minimum Gasteiger partial charge on any atom is -0.492 e. The zero-order chi connectivity index (χ0) is 13.4. The molecule has 1 aromatic carbocycles. The molecular weight excluding hydrogens is 246 g/mol. The van der Waals surface area contributed by atoms with Crippen LogP contribution in [0.25, 0.3) is 5.76 Å². The van der Waals surface area contributed by atoms with Crippen LogP contribution < -0.4 is 0 Å². The highest BCUT2D eigenvalue weighted by atomic mass is 16.7. The van der Waals surface area contributed by atoms with Crippen LogP contribution in [0.3, 0.4) is 0 Å². The molecule has 0 radical (unpaired) electrons. The molecule has 0 atom stereocenters. The van der Waals surface area contributed by atoms with Gasteiger partial charge in [0.25, 0.3) is 0 Å². The Hall–Kier alpha value is -2.43. The number of hydrogen-bond donors (Lipinski definition) is 0. The molecule has 1 aromatic rings. The van der Waals surface area contributed by atoms with Crippen LogP contribution in [0.1, 0.15) is 28.4 Å². The number of ketones is 1. The van der Waals surface area contributed by atoms with Gasteiger partial charge >= 0.3 is 5.97 Å². The predicted molar refractivity (Wildman–Crippen MR) is 67.6 cm³/mol. The SMILES string of the molecule is CC(=O)O/N=C1/C=C2OCCc3cccc(c32)C1=O. The average molecular weight is 257 g/mol. The lowest BCUT2D eigenvalue weighted by Crippen LogP contribution is -2.24. The molecule has 96 valence electrons. The Morgan fingerprint density at radius 3 is 3.05 bits per heavy atom. The lowest BCUT2D eigenvalue weighted by atomic mass is 9.87. The van der Waals surface area contributed by atoms with Gasteiger partial charge in [-0.15, -0.1) is 0 Å². The quantitative estimate of drug-likeness (QED) is 0.567. The number of allylic oxidation sites excluding steroid dienone is 1. The van der Waals surface area contributed by atoms with Gasteiger partial charge in [0.15, 0.2) is 5.71 Å². The Bertz CT molecular complexity index is 643. The standard InChI is InChI=1S/C14H11NO4/c1-8(16)19-15-11-7-12-13-9(5-6-18-12)3-2-4-10(13)14(11)17/h2-4,7H,5-6H2,1H3/b15-11-. The van der Waals surface area contributed by atoms with Gasteiger partial charge in [-0.1, -0.05) is 23.4 Å². The first-order valence-corrected chi connectivity index (χ1v) is 5.94. The van der Waals surface area contributed by atoms with E-state index < -0.39 is 5.97 Å². The summed E-state index contributed by atoms with van der Waals surface area (Å²) in [6, 6.07) is 5.55. The monoisotopic (exact) mass is 257 g/mol. The van der Waals surface area contributed by atoms with Gasteiger partial charge in [0, 0.05) is 30.5 Å². The molecule has 0 unspecified atom stereocenters. The fraction of sp³-hybridized carbons (Fsp3) is 0.214. The smallest absolute Gasteiger partial charge is 0.332 e. The van der Waals surface area contributed by atoms with Gasteiger partial charge in [0.1, 0.15) is 5.76 Å². The van der Waals surface area contributed by atoms with Crippen molar-refractivity contribution in [3.63, 3.8) is 0 Å². The van der Waals surface area contributed by atoms with E-state index in [-0.39, 0.29) is 11.5 Å². The van der Waals surface area contributed by atoms with Crippen molar-refractivity contribution in [2.45, 2.75) is 13.3 Å². The summed E-state index contributed by atoms with van der Waals surface area (Å²) in [5.41, 5.74) is 2.55. The van der Waals surface area contributed by atoms with Crippen LogP contribution in [0, 0.1) is 0 Å². The van der Waals surface area contributed by atoms with Crippen molar-refractivity contribution in [2.24, 2.45) is 5.16 Å². The number of nitrogens with zero attached hydrogens (tertiary/aromatic N) is 1. The Morgan fingerprint density at radius 2 is 2.26 bits per heavy atom. The van der Waals surface area contributed by atoms with E-state index in [4.69, 9.17) is 4.74 Å². The van der Waals surface area contributed by atoms with E-state index in [2.05, 4.69) is 9.99 Å². The van der Waals surface area contributed by atoms with E-state index in [1.807, 2.05) is 12.1 Å². The molecule has 5 heteroatoms. The third-order valence-corrected chi connectivity index (χ3v) is 3.04. The van der Waals surface area contributed by atoms with Crippen LogP contribution in [-0.2, 0) is 20.8 Å². The van der Waals surface area contributed by atoms with Gasteiger partial charge in [-0.3, -0.25) is 4.79 Å². The minimum absolute atomic E-state index is 0.0803. The molecule has 0 saturated carbocycles. The van der Waals surface area contributed by atoms with Gasteiger partial charge in [-0.25, -0.2) is 4.79 Å². The van der Waals surface area contributed by atoms with E-state index >= 15 is 0 Å². The molecule has 2 aliphatic rings. The van der Waals surface area contributed by atoms with Gasteiger partial charge in [0.2, 0.25) is 5.78 Å². The molecule has 0 saturated heterocycles. The summed E-state index contributed by atoms with van der Waals surface area (Å²) in [6.07, 6.45) is 2.31. The largest absolute Gasteiger partial charge is 0.492 e. The van der Waals surface area contributed by atoms with Crippen molar-refractivity contribution in [1.82, 2.24) is 0 Å². The Morgan fingerprint density at radius 1 is 1.42 bits per heavy atom. The first-order valence-electron chi connectivity index (χ1n) is 5.94. The average Bonchev–Trinajstić information content (AvgIpc) is 2.41. The first-order chi connectivity index (χ1) is 9.16. The van der Waals surface area contributed by atoms with Crippen molar-refractivity contribution >= 4 is 23.2 Å². The van der Waals surface area contributed by atoms with Crippen molar-refractivity contribution in [3.8, 4) is 0 Å². The minimum atomic E-state index is -0.567. The molecule has 19 heavy (non-hydrogen) atoms. The number of ether oxygens (including phenoxy) is 1. The predicted octanol–water partition coefficient (Wildman–Crippen LogP) is 1.72. The first kappa shape index (κ1) is 11.6. The van der Waals surface area contributed by atoms with Gasteiger partial charge in [-0.05, 0) is 5.56 Å². The summed E-state index contributed by atoms with van der Waals surface area (Å²) >= 11 is 0. The summed E-state index contributed by atoms with van der Waals surface area (Å²) in [4.78, 5) is 27.5. The zero-order valence-corrected chi connectivity index (χ0v) is 10.3. The van der Waals surface area contributed by atoms with Crippen LogP contribution >= 0.6 is 0 Å². The lowest BCUT2D eigenvalue weighted by Gasteiger charge is -2.25. The summed E-state index contributed by atoms with van der Waals surface area (Å²) < 4.78 is 5.56. The Balaban J connectivity index is 2.11. The Labute approximate surface area is 109 Å². The normalized spacial score (nSPS) is 18.5. The highest BCUT2D eigenvalue weighted by Crippen LogP contribution is 2.33. The van der Waals surface area contributed by atoms with Crippen molar-refractivity contribution in [1.29, 1.82) is 0 Å². The topological polar surface area (TPSA) is 65.0 Å². The van der Waals surface area contributed by atoms with E-state index in [1.54, 1.807) is 6.07 Å². The zero-order valence-electron chi connectivity index (χ0n) is 10.3. The van der Waals surface area contributed by atoms with E-state index in [0.29, 0.717) is 17.9 Å². The second kappa shape index (κ2) is 4.35. The molecule has 5 nitrogen and oxygen atoms in total. The van der Waals surface area contributed by atoms with Crippen LogP contribution in [0.15, 0.2) is 29.4 Å². The Kier molecular flexibility index (Phi) is 2.67. The molecule has 0 bridgehead atoms. The van der Waals surface area contributed by atoms with E-state index in [9.17, 15) is 9.59 Å². The highest BCUT2D eigenvalue weighted by Gasteiger charge is 2.30. The molecule has 0 spiro atoms. The number of hydrogen-bond acceptors (Lipinski definition) is 5. The van der Waals surface area contributed by atoms with Crippen LogP contribution in [0.4, 0.5) is 0 Å². The lowest BCUT2D eigenvalue weighted by molar-refractivity contribution is -0.140. The van der Waals surface area contributed by atoms with Crippen molar-refractivity contribution in [2.75, 3.05) is 6.61 Å². The fourth-order valence-electron chi connectivity index (χ4n) is 2.25. The molecule has 3 rings (SSSR count). The van der Waals surface area contributed by atoms with Gasteiger partial charge < -0.3 is 9.57 Å². The van der Waals surface area contributed by atoms with Gasteiger partial charge in [0.05, 0.1) is 6.61 Å². The maximum atomic E-state index is 12.2. The molecule has 0 N–H and O–H groups in total. The number of carbonyl (C=O) groups excluding carboxylic acids is 2. The molecule has 1 aliphatic carbocycles. The molecule has 1 aliphatic heterocycles. The maximum absolute atomic E-state index is 12.2. The third kappa shape index (κ3) is 1.93. The highest BCUT2D eigenvalue weighted by molar-refractivity contribution is 6.52. The van der Waals surface area contributed by atoms with E-state index in [0.717, 1.165) is 17.5 Å². The molecule has 0 aromatic heterocycles. The van der Waals surface area contributed by atoms with Crippen molar-refractivity contribution in [3.05, 3.63) is 41.0 Å².